The van der Waals surface area contributed by atoms with Gasteiger partial charge in [-0.05, 0) is 51.0 Å². The van der Waals surface area contributed by atoms with Crippen LogP contribution in [0.5, 0.6) is 0 Å². The molecule has 4 nitrogen and oxygen atoms in total. The molecule has 7 heteroatoms. The van der Waals surface area contributed by atoms with E-state index in [0.717, 1.165) is 18.5 Å². The van der Waals surface area contributed by atoms with Crippen molar-refractivity contribution < 1.29 is 9.18 Å². The van der Waals surface area contributed by atoms with Crippen molar-refractivity contribution in [2.45, 2.75) is 38.1 Å². The molecule has 1 fully saturated rings. The van der Waals surface area contributed by atoms with Crippen molar-refractivity contribution in [2.75, 3.05) is 6.54 Å². The smallest absolute Gasteiger partial charge is 0.252 e. The number of hydrogen-bond donors (Lipinski definition) is 2. The maximum absolute atomic E-state index is 13.6. The average Bonchev–Trinajstić information content (AvgIpc) is 3.30. The number of carbonyl (C=O) groups excluding carboxylic acids is 1. The van der Waals surface area contributed by atoms with Gasteiger partial charge in [0.05, 0.1) is 11.1 Å². The largest absolute Gasteiger partial charge is 0.346 e. The van der Waals surface area contributed by atoms with Crippen LogP contribution in [0.3, 0.4) is 0 Å². The molecule has 1 aliphatic carbocycles. The van der Waals surface area contributed by atoms with Gasteiger partial charge in [0, 0.05) is 29.1 Å². The first-order valence-electron chi connectivity index (χ1n) is 7.52. The van der Waals surface area contributed by atoms with E-state index in [4.69, 9.17) is 5.73 Å². The summed E-state index contributed by atoms with van der Waals surface area (Å²) in [4.78, 5) is 17.2. The van der Waals surface area contributed by atoms with Gasteiger partial charge >= 0.3 is 0 Å². The first-order chi connectivity index (χ1) is 10.4. The minimum absolute atomic E-state index is 0. The molecule has 0 saturated heterocycles. The second-order valence-corrected chi connectivity index (χ2v) is 6.57. The molecule has 3 N–H and O–H groups in total. The fourth-order valence-corrected chi connectivity index (χ4v) is 2.42. The number of amides is 1. The van der Waals surface area contributed by atoms with E-state index in [1.807, 2.05) is 13.8 Å². The number of fused-ring (bicyclic) bond motifs is 1. The molecule has 1 heterocycles. The van der Waals surface area contributed by atoms with Gasteiger partial charge in [0.25, 0.3) is 5.91 Å². The first kappa shape index (κ1) is 20.6. The normalized spacial score (nSPS) is 13.8. The highest BCUT2D eigenvalue weighted by Gasteiger charge is 2.28. The number of nitrogens with two attached hydrogens (primary N) is 1. The minimum Gasteiger partial charge on any atom is -0.346 e. The predicted molar refractivity (Wildman–Crippen MR) is 98.8 cm³/mol. The fourth-order valence-electron chi connectivity index (χ4n) is 2.42. The molecule has 24 heavy (non-hydrogen) atoms. The van der Waals surface area contributed by atoms with Gasteiger partial charge in [-0.2, -0.15) is 0 Å². The van der Waals surface area contributed by atoms with E-state index in [2.05, 4.69) is 10.3 Å². The van der Waals surface area contributed by atoms with Crippen LogP contribution in [0, 0.1) is 5.82 Å². The molecule has 0 spiro atoms. The zero-order valence-electron chi connectivity index (χ0n) is 13.6. The third kappa shape index (κ3) is 4.35. The molecule has 0 atom stereocenters. The van der Waals surface area contributed by atoms with E-state index < -0.39 is 5.54 Å². The van der Waals surface area contributed by atoms with Gasteiger partial charge in [-0.25, -0.2) is 4.39 Å². The molecule has 0 aliphatic heterocycles. The van der Waals surface area contributed by atoms with Crippen LogP contribution in [0.4, 0.5) is 4.39 Å². The fraction of sp³-hybridized carbons (Fsp3) is 0.412. The molecule has 1 saturated carbocycles. The van der Waals surface area contributed by atoms with E-state index in [1.54, 1.807) is 12.1 Å². The van der Waals surface area contributed by atoms with E-state index in [9.17, 15) is 9.18 Å². The highest BCUT2D eigenvalue weighted by atomic mass is 35.5. The molecule has 132 valence electrons. The average molecular weight is 374 g/mol. The highest BCUT2D eigenvalue weighted by molar-refractivity contribution is 6.06. The molecule has 1 aromatic carbocycles. The number of nitrogens with zero attached hydrogens (tertiary/aromatic N) is 1. The van der Waals surface area contributed by atoms with Gasteiger partial charge in [-0.15, -0.1) is 24.8 Å². The number of halogens is 3. The summed E-state index contributed by atoms with van der Waals surface area (Å²) in [6, 6.07) is 6.16. The molecule has 1 amide bonds. The summed E-state index contributed by atoms with van der Waals surface area (Å²) in [6.07, 6.45) is 2.18. The lowest BCUT2D eigenvalue weighted by molar-refractivity contribution is 0.0917. The Bertz CT molecular complexity index is 748. The van der Waals surface area contributed by atoms with E-state index in [0.29, 0.717) is 28.9 Å². The molecule has 0 radical (unpaired) electrons. The summed E-state index contributed by atoms with van der Waals surface area (Å²) in [5, 5.41) is 3.44. The molecule has 0 bridgehead atoms. The second kappa shape index (κ2) is 7.64. The minimum atomic E-state index is -0.514. The van der Waals surface area contributed by atoms with Crippen LogP contribution in [0.2, 0.25) is 0 Å². The van der Waals surface area contributed by atoms with Crippen LogP contribution in [0.25, 0.3) is 10.9 Å². The third-order valence-corrected chi connectivity index (χ3v) is 3.99. The number of nitrogens with one attached hydrogen (secondary N) is 1. The van der Waals surface area contributed by atoms with Gasteiger partial charge in [-0.3, -0.25) is 9.78 Å². The molecule has 1 aliphatic rings. The maximum Gasteiger partial charge on any atom is 0.252 e. The molecule has 3 rings (SSSR count). The summed E-state index contributed by atoms with van der Waals surface area (Å²) in [5.41, 5.74) is 7.19. The highest BCUT2D eigenvalue weighted by Crippen LogP contribution is 2.40. The van der Waals surface area contributed by atoms with Crippen molar-refractivity contribution >= 4 is 41.6 Å². The Morgan fingerprint density at radius 1 is 1.33 bits per heavy atom. The van der Waals surface area contributed by atoms with Gasteiger partial charge in [0.1, 0.15) is 5.82 Å². The number of hydrogen-bond acceptors (Lipinski definition) is 3. The monoisotopic (exact) mass is 373 g/mol. The Hall–Kier alpha value is -1.43. The third-order valence-electron chi connectivity index (χ3n) is 3.99. The summed E-state index contributed by atoms with van der Waals surface area (Å²) in [5.74, 6) is -0.195. The number of rotatable bonds is 4. The Kier molecular flexibility index (Phi) is 6.56. The predicted octanol–water partition coefficient (Wildman–Crippen LogP) is 3.56. The van der Waals surface area contributed by atoms with Crippen LogP contribution in [-0.4, -0.2) is 23.0 Å². The first-order valence-corrected chi connectivity index (χ1v) is 7.52. The van der Waals surface area contributed by atoms with Gasteiger partial charge in [0.2, 0.25) is 0 Å². The quantitative estimate of drug-likeness (QED) is 0.860. The van der Waals surface area contributed by atoms with Gasteiger partial charge in [0.15, 0.2) is 0 Å². The van der Waals surface area contributed by atoms with Gasteiger partial charge < -0.3 is 11.1 Å². The lowest BCUT2D eigenvalue weighted by Gasteiger charge is -2.24. The standard InChI is InChI=1S/C17H20FN3O.2ClH/c1-17(2,9-19)21-16(22)13-8-15(10-3-4-10)20-14-6-5-11(18)7-12(13)14;;/h5-8,10H,3-4,9,19H2,1-2H3,(H,21,22);2*1H. The molecular weight excluding hydrogens is 352 g/mol. The number of carbonyl (C=O) groups is 1. The second-order valence-electron chi connectivity index (χ2n) is 6.57. The van der Waals surface area contributed by atoms with Crippen molar-refractivity contribution in [3.63, 3.8) is 0 Å². The summed E-state index contributed by atoms with van der Waals surface area (Å²) in [6.45, 7) is 4.04. The zero-order chi connectivity index (χ0) is 15.9. The van der Waals surface area contributed by atoms with Crippen LogP contribution >= 0.6 is 24.8 Å². The molecular formula is C17H22Cl2FN3O. The molecule has 2 aromatic rings. The Morgan fingerprint density at radius 2 is 2.00 bits per heavy atom. The van der Waals surface area contributed by atoms with E-state index >= 15 is 0 Å². The van der Waals surface area contributed by atoms with E-state index in [1.165, 1.54) is 12.1 Å². The number of aromatic nitrogens is 1. The Labute approximate surface area is 153 Å². The lowest BCUT2D eigenvalue weighted by Crippen LogP contribution is -2.48. The Balaban J connectivity index is 0.00000144. The summed E-state index contributed by atoms with van der Waals surface area (Å²) in [7, 11) is 0. The van der Waals surface area contributed by atoms with Crippen LogP contribution in [-0.2, 0) is 0 Å². The number of benzene rings is 1. The molecule has 1 aromatic heterocycles. The SMILES string of the molecule is CC(C)(CN)NC(=O)c1cc(C2CC2)nc2ccc(F)cc12.Cl.Cl. The topological polar surface area (TPSA) is 68.0 Å². The lowest BCUT2D eigenvalue weighted by atomic mass is 10.0. The van der Waals surface area contributed by atoms with Crippen molar-refractivity contribution in [3.05, 3.63) is 41.3 Å². The van der Waals surface area contributed by atoms with Crippen LogP contribution < -0.4 is 11.1 Å². The van der Waals surface area contributed by atoms with Crippen LogP contribution in [0.15, 0.2) is 24.3 Å². The summed E-state index contributed by atoms with van der Waals surface area (Å²) >= 11 is 0. The van der Waals surface area contributed by atoms with Crippen LogP contribution in [0.1, 0.15) is 48.7 Å². The van der Waals surface area contributed by atoms with Crippen molar-refractivity contribution in [1.29, 1.82) is 0 Å². The zero-order valence-corrected chi connectivity index (χ0v) is 15.3. The summed E-state index contributed by atoms with van der Waals surface area (Å²) < 4.78 is 13.6. The Morgan fingerprint density at radius 3 is 2.58 bits per heavy atom. The number of pyridine rings is 1. The maximum atomic E-state index is 13.6. The van der Waals surface area contributed by atoms with Crippen molar-refractivity contribution in [3.8, 4) is 0 Å². The van der Waals surface area contributed by atoms with Crippen molar-refractivity contribution in [2.24, 2.45) is 5.73 Å². The van der Waals surface area contributed by atoms with E-state index in [-0.39, 0.29) is 36.5 Å². The van der Waals surface area contributed by atoms with Crippen molar-refractivity contribution in [1.82, 2.24) is 10.3 Å². The molecule has 0 unspecified atom stereocenters. The van der Waals surface area contributed by atoms with Gasteiger partial charge in [-0.1, -0.05) is 0 Å².